The second-order valence-corrected chi connectivity index (χ2v) is 6.81. The van der Waals surface area contributed by atoms with Crippen LogP contribution in [0, 0.1) is 5.82 Å². The first kappa shape index (κ1) is 18.7. The van der Waals surface area contributed by atoms with Crippen LogP contribution in [0.25, 0.3) is 11.2 Å². The molecule has 1 N–H and O–H groups in total. The summed E-state index contributed by atoms with van der Waals surface area (Å²) in [6.07, 6.45) is 0. The maximum Gasteiger partial charge on any atom is 0.332 e. The van der Waals surface area contributed by atoms with Gasteiger partial charge in [-0.2, -0.15) is 0 Å². The molecule has 7 nitrogen and oxygen atoms in total. The molecule has 0 atom stereocenters. The normalized spacial score (nSPS) is 11.1. The molecule has 0 unspecified atom stereocenters. The number of halogens is 1. The van der Waals surface area contributed by atoms with Crippen molar-refractivity contribution in [2.24, 2.45) is 14.1 Å². The average molecular weight is 393 g/mol. The Hall–Kier alpha value is -3.68. The Kier molecular flexibility index (Phi) is 4.75. The molecule has 0 saturated heterocycles. The van der Waals surface area contributed by atoms with Crippen molar-refractivity contribution in [2.75, 3.05) is 5.32 Å². The first-order chi connectivity index (χ1) is 14.0. The predicted molar refractivity (Wildman–Crippen MR) is 109 cm³/mol. The van der Waals surface area contributed by atoms with Crippen LogP contribution in [0.1, 0.15) is 11.4 Å². The Morgan fingerprint density at radius 1 is 0.966 bits per heavy atom. The first-order valence-electron chi connectivity index (χ1n) is 9.15. The molecular weight excluding hydrogens is 373 g/mol. The summed E-state index contributed by atoms with van der Waals surface area (Å²) in [6.45, 7) is 0.384. The van der Waals surface area contributed by atoms with E-state index in [1.54, 1.807) is 36.9 Å². The van der Waals surface area contributed by atoms with Gasteiger partial charge < -0.3 is 9.88 Å². The van der Waals surface area contributed by atoms with Crippen molar-refractivity contribution in [2.45, 2.75) is 13.1 Å². The Labute approximate surface area is 165 Å². The molecule has 148 valence electrons. The van der Waals surface area contributed by atoms with E-state index in [2.05, 4.69) is 10.3 Å². The average Bonchev–Trinajstić information content (AvgIpc) is 3.06. The molecular formula is C21H20FN5O2. The summed E-state index contributed by atoms with van der Waals surface area (Å²) in [4.78, 5) is 30.3. The lowest BCUT2D eigenvalue weighted by Gasteiger charge is -2.09. The Morgan fingerprint density at radius 3 is 2.38 bits per heavy atom. The number of hydrogen-bond acceptors (Lipinski definition) is 4. The van der Waals surface area contributed by atoms with Crippen molar-refractivity contribution in [1.29, 1.82) is 0 Å². The number of hydrogen-bond donors (Lipinski definition) is 1. The minimum Gasteiger partial charge on any atom is -0.375 e. The monoisotopic (exact) mass is 393 g/mol. The molecule has 0 aliphatic carbocycles. The van der Waals surface area contributed by atoms with Gasteiger partial charge in [-0.3, -0.25) is 13.9 Å². The van der Waals surface area contributed by atoms with Gasteiger partial charge in [-0.1, -0.05) is 42.5 Å². The molecule has 0 bridgehead atoms. The number of nitrogens with zero attached hydrogens (tertiary/aromatic N) is 4. The molecule has 0 aliphatic heterocycles. The zero-order valence-corrected chi connectivity index (χ0v) is 16.1. The van der Waals surface area contributed by atoms with Gasteiger partial charge in [0, 0.05) is 14.1 Å². The third kappa shape index (κ3) is 3.33. The number of benzene rings is 2. The van der Waals surface area contributed by atoms with Crippen molar-refractivity contribution >= 4 is 16.9 Å². The third-order valence-corrected chi connectivity index (χ3v) is 4.95. The fraction of sp³-hybridized carbons (Fsp3) is 0.190. The molecule has 0 fully saturated rings. The number of aryl methyl sites for hydroxylation is 2. The van der Waals surface area contributed by atoms with Gasteiger partial charge in [0.15, 0.2) is 11.2 Å². The predicted octanol–water partition coefficient (Wildman–Crippen LogP) is 2.23. The van der Waals surface area contributed by atoms with Crippen molar-refractivity contribution in [3.63, 3.8) is 0 Å². The van der Waals surface area contributed by atoms with E-state index in [9.17, 15) is 14.0 Å². The summed E-state index contributed by atoms with van der Waals surface area (Å²) in [5.41, 5.74) is 0.993. The van der Waals surface area contributed by atoms with Gasteiger partial charge in [0.05, 0.1) is 18.8 Å². The molecule has 0 amide bonds. The van der Waals surface area contributed by atoms with E-state index >= 15 is 0 Å². The fourth-order valence-electron chi connectivity index (χ4n) is 3.33. The molecule has 4 aromatic rings. The Morgan fingerprint density at radius 2 is 1.66 bits per heavy atom. The van der Waals surface area contributed by atoms with Gasteiger partial charge in [-0.05, 0) is 17.7 Å². The zero-order valence-electron chi connectivity index (χ0n) is 16.1. The molecule has 2 aromatic carbocycles. The number of imidazole rings is 1. The lowest BCUT2D eigenvalue weighted by Crippen LogP contribution is -2.39. The van der Waals surface area contributed by atoms with Crippen LogP contribution in [0.3, 0.4) is 0 Å². The maximum absolute atomic E-state index is 13.8. The smallest absolute Gasteiger partial charge is 0.332 e. The highest BCUT2D eigenvalue weighted by Crippen LogP contribution is 2.15. The van der Waals surface area contributed by atoms with Crippen LogP contribution < -0.4 is 16.6 Å². The number of anilines is 1. The van der Waals surface area contributed by atoms with E-state index in [0.29, 0.717) is 22.7 Å². The molecule has 0 radical (unpaired) electrons. The van der Waals surface area contributed by atoms with Gasteiger partial charge in [-0.25, -0.2) is 14.2 Å². The van der Waals surface area contributed by atoms with Crippen LogP contribution >= 0.6 is 0 Å². The summed E-state index contributed by atoms with van der Waals surface area (Å²) in [5, 5.41) is 2.98. The van der Waals surface area contributed by atoms with Crippen LogP contribution in [0.2, 0.25) is 0 Å². The van der Waals surface area contributed by atoms with E-state index in [4.69, 9.17) is 0 Å². The molecule has 2 heterocycles. The van der Waals surface area contributed by atoms with E-state index in [-0.39, 0.29) is 18.9 Å². The minimum absolute atomic E-state index is 0.177. The topological polar surface area (TPSA) is 73.8 Å². The highest BCUT2D eigenvalue weighted by atomic mass is 19.1. The number of nitrogens with one attached hydrogen (secondary N) is 1. The molecule has 4 rings (SSSR count). The Balaban J connectivity index is 1.76. The standard InChI is InChI=1S/C21H20FN5O2/c1-25-17(12-23-16-11-7-6-10-15(16)22)24-19-18(25)20(28)27(21(29)26(19)2)13-14-8-4-3-5-9-14/h3-11,23H,12-13H2,1-2H3. The third-order valence-electron chi connectivity index (χ3n) is 4.95. The molecule has 29 heavy (non-hydrogen) atoms. The number of rotatable bonds is 5. The molecule has 8 heteroatoms. The SMILES string of the molecule is Cn1c(CNc2ccccc2F)nc2c1c(=O)n(Cc1ccccc1)c(=O)n2C. The van der Waals surface area contributed by atoms with Crippen molar-refractivity contribution in [3.8, 4) is 0 Å². The summed E-state index contributed by atoms with van der Waals surface area (Å²) < 4.78 is 18.1. The largest absolute Gasteiger partial charge is 0.375 e. The molecule has 0 spiro atoms. The van der Waals surface area contributed by atoms with Gasteiger partial charge in [0.1, 0.15) is 11.6 Å². The molecule has 0 saturated carbocycles. The van der Waals surface area contributed by atoms with Crippen LogP contribution in [-0.4, -0.2) is 18.7 Å². The number of aromatic nitrogens is 4. The van der Waals surface area contributed by atoms with Gasteiger partial charge in [-0.15, -0.1) is 0 Å². The van der Waals surface area contributed by atoms with E-state index in [0.717, 1.165) is 5.56 Å². The maximum atomic E-state index is 13.8. The quantitative estimate of drug-likeness (QED) is 0.564. The highest BCUT2D eigenvalue weighted by Gasteiger charge is 2.18. The summed E-state index contributed by atoms with van der Waals surface area (Å²) in [5.74, 6) is 0.150. The lowest BCUT2D eigenvalue weighted by molar-refractivity contribution is 0.629. The first-order valence-corrected chi connectivity index (χ1v) is 9.15. The van der Waals surface area contributed by atoms with E-state index in [1.165, 1.54) is 15.2 Å². The highest BCUT2D eigenvalue weighted by molar-refractivity contribution is 5.71. The number of fused-ring (bicyclic) bond motifs is 1. The van der Waals surface area contributed by atoms with E-state index in [1.807, 2.05) is 30.3 Å². The van der Waals surface area contributed by atoms with Gasteiger partial charge >= 0.3 is 5.69 Å². The van der Waals surface area contributed by atoms with Crippen LogP contribution in [-0.2, 0) is 27.2 Å². The van der Waals surface area contributed by atoms with Gasteiger partial charge in [0.25, 0.3) is 5.56 Å². The Bertz CT molecular complexity index is 1300. The van der Waals surface area contributed by atoms with Crippen LogP contribution in [0.4, 0.5) is 10.1 Å². The minimum atomic E-state index is -0.432. The second kappa shape index (κ2) is 7.38. The molecule has 0 aliphatic rings. The molecule has 2 aromatic heterocycles. The van der Waals surface area contributed by atoms with E-state index < -0.39 is 11.2 Å². The number of para-hydroxylation sites is 1. The zero-order chi connectivity index (χ0) is 20.5. The van der Waals surface area contributed by atoms with Crippen molar-refractivity contribution < 1.29 is 4.39 Å². The van der Waals surface area contributed by atoms with Crippen LogP contribution in [0.15, 0.2) is 64.2 Å². The summed E-state index contributed by atoms with van der Waals surface area (Å²) in [6, 6.07) is 15.7. The van der Waals surface area contributed by atoms with Crippen LogP contribution in [0.5, 0.6) is 0 Å². The van der Waals surface area contributed by atoms with Crippen molar-refractivity contribution in [1.82, 2.24) is 18.7 Å². The fourth-order valence-corrected chi connectivity index (χ4v) is 3.33. The van der Waals surface area contributed by atoms with Crippen molar-refractivity contribution in [3.05, 3.63) is 92.6 Å². The summed E-state index contributed by atoms with van der Waals surface area (Å²) >= 11 is 0. The summed E-state index contributed by atoms with van der Waals surface area (Å²) in [7, 11) is 3.30. The lowest BCUT2D eigenvalue weighted by atomic mass is 10.2. The second-order valence-electron chi connectivity index (χ2n) is 6.81. The van der Waals surface area contributed by atoms with Gasteiger partial charge in [0.2, 0.25) is 0 Å².